The Morgan fingerprint density at radius 3 is 2.90 bits per heavy atom. The van der Waals surface area contributed by atoms with Crippen LogP contribution in [0.1, 0.15) is 50.6 Å². The van der Waals surface area contributed by atoms with Gasteiger partial charge in [-0.2, -0.15) is 0 Å². The van der Waals surface area contributed by atoms with Gasteiger partial charge in [-0.05, 0) is 50.0 Å². The molecule has 1 fully saturated rings. The Hall–Kier alpha value is -1.58. The summed E-state index contributed by atoms with van der Waals surface area (Å²) in [6.07, 6.45) is 9.78. The van der Waals surface area contributed by atoms with Crippen molar-refractivity contribution in [2.45, 2.75) is 45.1 Å². The Morgan fingerprint density at radius 2 is 2.35 bits per heavy atom. The molecule has 1 unspecified atom stereocenters. The van der Waals surface area contributed by atoms with E-state index in [4.69, 9.17) is 5.53 Å². The van der Waals surface area contributed by atoms with Crippen LogP contribution in [0, 0.1) is 0 Å². The predicted octanol–water partition coefficient (Wildman–Crippen LogP) is 4.34. The Kier molecular flexibility index (Phi) is 8.43. The number of aromatic nitrogens is 1. The number of hydrogen-bond acceptors (Lipinski definition) is 3. The number of nitrogens with zero attached hydrogens (tertiary/aromatic N) is 5. The highest BCUT2D eigenvalue weighted by Gasteiger charge is 2.21. The van der Waals surface area contributed by atoms with E-state index in [0.717, 1.165) is 6.42 Å². The van der Waals surface area contributed by atoms with E-state index >= 15 is 0 Å². The van der Waals surface area contributed by atoms with Crippen molar-refractivity contribution < 1.29 is 0 Å². The lowest BCUT2D eigenvalue weighted by atomic mass is 10.1. The van der Waals surface area contributed by atoms with Crippen LogP contribution >= 0.6 is 0 Å². The Labute approximate surface area is 121 Å². The first-order valence-corrected chi connectivity index (χ1v) is 7.40. The molecule has 1 aliphatic rings. The van der Waals surface area contributed by atoms with Crippen molar-refractivity contribution in [3.05, 3.63) is 40.5 Å². The smallest absolute Gasteiger partial charge is 0.0360 e. The van der Waals surface area contributed by atoms with E-state index in [1.807, 2.05) is 18.5 Å². The molecule has 20 heavy (non-hydrogen) atoms. The van der Waals surface area contributed by atoms with Gasteiger partial charge in [-0.3, -0.25) is 9.88 Å². The van der Waals surface area contributed by atoms with Gasteiger partial charge in [-0.25, -0.2) is 0 Å². The molecule has 1 saturated heterocycles. The number of likely N-dealkylation sites (tertiary alicyclic amines) is 1. The number of pyridine rings is 1. The van der Waals surface area contributed by atoms with E-state index in [1.54, 1.807) is 0 Å². The van der Waals surface area contributed by atoms with Crippen LogP contribution in [-0.2, 0) is 0 Å². The molecule has 1 atom stereocenters. The van der Waals surface area contributed by atoms with Crippen molar-refractivity contribution in [2.24, 2.45) is 5.11 Å². The van der Waals surface area contributed by atoms with Crippen LogP contribution in [0.15, 0.2) is 29.6 Å². The summed E-state index contributed by atoms with van der Waals surface area (Å²) in [6, 6.07) is 4.79. The summed E-state index contributed by atoms with van der Waals surface area (Å²) >= 11 is 0. The van der Waals surface area contributed by atoms with Gasteiger partial charge in [0.2, 0.25) is 0 Å². The van der Waals surface area contributed by atoms with Crippen molar-refractivity contribution in [2.75, 3.05) is 20.1 Å². The monoisotopic (exact) mass is 275 g/mol. The third kappa shape index (κ3) is 6.04. The molecular formula is C15H25N5. The van der Waals surface area contributed by atoms with Crippen LogP contribution in [0.4, 0.5) is 0 Å². The lowest BCUT2D eigenvalue weighted by Crippen LogP contribution is -2.17. The summed E-state index contributed by atoms with van der Waals surface area (Å²) in [4.78, 5) is 9.17. The summed E-state index contributed by atoms with van der Waals surface area (Å²) < 4.78 is 0. The summed E-state index contributed by atoms with van der Waals surface area (Å²) in [7, 11) is 2.19. The average molecular weight is 275 g/mol. The van der Waals surface area contributed by atoms with Crippen LogP contribution in [0.5, 0.6) is 0 Å². The van der Waals surface area contributed by atoms with E-state index in [2.05, 4.69) is 39.9 Å². The Morgan fingerprint density at radius 1 is 1.50 bits per heavy atom. The molecule has 1 aromatic heterocycles. The summed E-state index contributed by atoms with van der Waals surface area (Å²) in [5, 5.41) is 3.39. The first kappa shape index (κ1) is 16.5. The summed E-state index contributed by atoms with van der Waals surface area (Å²) in [5.74, 6) is 0. The van der Waals surface area contributed by atoms with Crippen LogP contribution in [0.3, 0.4) is 0 Å². The minimum Gasteiger partial charge on any atom is -0.299 e. The molecule has 0 saturated carbocycles. The van der Waals surface area contributed by atoms with Crippen LogP contribution in [0.25, 0.3) is 10.4 Å². The number of rotatable bonds is 5. The summed E-state index contributed by atoms with van der Waals surface area (Å²) in [5.41, 5.74) is 9.18. The molecule has 2 rings (SSSR count). The molecule has 0 aromatic carbocycles. The van der Waals surface area contributed by atoms with Gasteiger partial charge in [0.1, 0.15) is 0 Å². The SMILES string of the molecule is CCCCCN=[N+]=[N-].CN1CCCC1c1cccnc1. The third-order valence-corrected chi connectivity index (χ3v) is 3.51. The molecule has 0 spiro atoms. The van der Waals surface area contributed by atoms with Crippen molar-refractivity contribution in [1.82, 2.24) is 9.88 Å². The zero-order chi connectivity index (χ0) is 14.6. The number of unbranched alkanes of at least 4 members (excludes halogenated alkanes) is 2. The predicted molar refractivity (Wildman–Crippen MR) is 82.4 cm³/mol. The van der Waals surface area contributed by atoms with Crippen molar-refractivity contribution >= 4 is 0 Å². The van der Waals surface area contributed by atoms with Crippen LogP contribution in [0.2, 0.25) is 0 Å². The Balaban J connectivity index is 0.000000221. The normalized spacial score (nSPS) is 18.0. The molecule has 1 aromatic rings. The van der Waals surface area contributed by atoms with Crippen molar-refractivity contribution in [3.63, 3.8) is 0 Å². The first-order chi connectivity index (χ1) is 9.79. The van der Waals surface area contributed by atoms with Gasteiger partial charge in [-0.1, -0.05) is 30.9 Å². The zero-order valence-corrected chi connectivity index (χ0v) is 12.6. The quantitative estimate of drug-likeness (QED) is 0.347. The number of hydrogen-bond donors (Lipinski definition) is 0. The molecule has 0 bridgehead atoms. The molecule has 0 radical (unpaired) electrons. The topological polar surface area (TPSA) is 64.9 Å². The van der Waals surface area contributed by atoms with Crippen molar-refractivity contribution in [1.29, 1.82) is 0 Å². The van der Waals surface area contributed by atoms with Crippen LogP contribution < -0.4 is 0 Å². The van der Waals surface area contributed by atoms with Gasteiger partial charge in [0.15, 0.2) is 0 Å². The highest BCUT2D eigenvalue weighted by Crippen LogP contribution is 2.29. The molecule has 0 N–H and O–H groups in total. The standard InChI is InChI=1S/C10H14N2.C5H11N3/c1-12-7-3-5-10(12)9-4-2-6-11-8-9;1-2-3-4-5-7-8-6/h2,4,6,8,10H,3,5,7H2,1H3;2-5H2,1H3. The van der Waals surface area contributed by atoms with Gasteiger partial charge in [0.25, 0.3) is 0 Å². The molecule has 110 valence electrons. The molecule has 2 heterocycles. The van der Waals surface area contributed by atoms with E-state index in [-0.39, 0.29) is 0 Å². The maximum absolute atomic E-state index is 7.82. The maximum atomic E-state index is 7.82. The second-order valence-electron chi connectivity index (χ2n) is 5.09. The first-order valence-electron chi connectivity index (χ1n) is 7.40. The number of azide groups is 1. The fraction of sp³-hybridized carbons (Fsp3) is 0.667. The van der Waals surface area contributed by atoms with Gasteiger partial charge in [-0.15, -0.1) is 0 Å². The van der Waals surface area contributed by atoms with Gasteiger partial charge in [0.05, 0.1) is 0 Å². The molecule has 1 aliphatic heterocycles. The molecule has 5 nitrogen and oxygen atoms in total. The van der Waals surface area contributed by atoms with E-state index in [9.17, 15) is 0 Å². The van der Waals surface area contributed by atoms with E-state index in [0.29, 0.717) is 12.6 Å². The average Bonchev–Trinajstić information content (AvgIpc) is 2.92. The van der Waals surface area contributed by atoms with Gasteiger partial charge < -0.3 is 0 Å². The highest BCUT2D eigenvalue weighted by atomic mass is 15.1. The Bertz CT molecular complexity index is 400. The zero-order valence-electron chi connectivity index (χ0n) is 12.6. The molecule has 5 heteroatoms. The van der Waals surface area contributed by atoms with Crippen LogP contribution in [-0.4, -0.2) is 30.0 Å². The van der Waals surface area contributed by atoms with Crippen molar-refractivity contribution in [3.8, 4) is 0 Å². The molecule has 0 aliphatic carbocycles. The largest absolute Gasteiger partial charge is 0.299 e. The second-order valence-corrected chi connectivity index (χ2v) is 5.09. The maximum Gasteiger partial charge on any atom is 0.0360 e. The fourth-order valence-electron chi connectivity index (χ4n) is 2.38. The van der Waals surface area contributed by atoms with Gasteiger partial charge >= 0.3 is 0 Å². The third-order valence-electron chi connectivity index (χ3n) is 3.51. The molecule has 0 amide bonds. The highest BCUT2D eigenvalue weighted by molar-refractivity contribution is 5.14. The fourth-order valence-corrected chi connectivity index (χ4v) is 2.38. The summed E-state index contributed by atoms with van der Waals surface area (Å²) in [6.45, 7) is 4.00. The molecular weight excluding hydrogens is 250 g/mol. The second kappa shape index (κ2) is 10.2. The minimum atomic E-state index is 0.610. The lowest BCUT2D eigenvalue weighted by molar-refractivity contribution is 0.317. The van der Waals surface area contributed by atoms with E-state index in [1.165, 1.54) is 37.8 Å². The van der Waals surface area contributed by atoms with Gasteiger partial charge in [0, 0.05) is 29.9 Å². The lowest BCUT2D eigenvalue weighted by Gasteiger charge is -2.18. The minimum absolute atomic E-state index is 0.610. The van der Waals surface area contributed by atoms with E-state index < -0.39 is 0 Å².